The smallest absolute Gasteiger partial charge is 0.229 e. The maximum Gasteiger partial charge on any atom is 0.229 e. The maximum atomic E-state index is 12.5. The first-order valence-corrected chi connectivity index (χ1v) is 10.3. The van der Waals surface area contributed by atoms with Gasteiger partial charge in [0, 0.05) is 29.4 Å². The Balaban J connectivity index is 1.63. The summed E-state index contributed by atoms with van der Waals surface area (Å²) in [6.45, 7) is 0.287. The number of anilines is 2. The molecule has 0 radical (unpaired) electrons. The monoisotopic (exact) mass is 407 g/mol. The molecule has 9 heteroatoms. The zero-order valence-electron chi connectivity index (χ0n) is 14.3. The van der Waals surface area contributed by atoms with Gasteiger partial charge in [0.15, 0.2) is 0 Å². The lowest BCUT2D eigenvalue weighted by Crippen LogP contribution is -2.28. The van der Waals surface area contributed by atoms with Crippen LogP contribution < -0.4 is 15.4 Å². The largest absolute Gasteiger partial charge is 0.326 e. The van der Waals surface area contributed by atoms with Gasteiger partial charge in [0.05, 0.1) is 11.7 Å². The van der Waals surface area contributed by atoms with Gasteiger partial charge in [-0.05, 0) is 42.0 Å². The lowest BCUT2D eigenvalue weighted by atomic mass is 10.1. The SMILES string of the molecule is NS(=O)(=O)Cc1ccc(NC(=O)C2CC(=O)N(c3ccc(Cl)cc3)C2)cc1. The summed E-state index contributed by atoms with van der Waals surface area (Å²) in [5.74, 6) is -1.13. The number of benzene rings is 2. The van der Waals surface area contributed by atoms with Crippen LogP contribution >= 0.6 is 11.6 Å². The second-order valence-electron chi connectivity index (χ2n) is 6.38. The van der Waals surface area contributed by atoms with Gasteiger partial charge in [-0.15, -0.1) is 0 Å². The Kier molecular flexibility index (Phi) is 5.50. The van der Waals surface area contributed by atoms with E-state index in [-0.39, 0.29) is 30.5 Å². The number of hydrogen-bond donors (Lipinski definition) is 2. The Morgan fingerprint density at radius 1 is 1.15 bits per heavy atom. The molecule has 7 nitrogen and oxygen atoms in total. The van der Waals surface area contributed by atoms with Crippen molar-refractivity contribution < 1.29 is 18.0 Å². The number of hydrogen-bond acceptors (Lipinski definition) is 4. The van der Waals surface area contributed by atoms with Gasteiger partial charge in [-0.2, -0.15) is 0 Å². The molecule has 1 aliphatic rings. The fourth-order valence-corrected chi connectivity index (χ4v) is 3.70. The number of nitrogens with zero attached hydrogens (tertiary/aromatic N) is 1. The van der Waals surface area contributed by atoms with E-state index in [0.717, 1.165) is 0 Å². The third kappa shape index (κ3) is 5.06. The van der Waals surface area contributed by atoms with Gasteiger partial charge in [-0.1, -0.05) is 23.7 Å². The van der Waals surface area contributed by atoms with Crippen LogP contribution in [0.5, 0.6) is 0 Å². The molecule has 0 saturated carbocycles. The van der Waals surface area contributed by atoms with Gasteiger partial charge in [-0.25, -0.2) is 13.6 Å². The van der Waals surface area contributed by atoms with E-state index in [1.165, 1.54) is 0 Å². The van der Waals surface area contributed by atoms with E-state index in [1.54, 1.807) is 53.4 Å². The van der Waals surface area contributed by atoms with Gasteiger partial charge in [0.25, 0.3) is 0 Å². The van der Waals surface area contributed by atoms with Crippen molar-refractivity contribution in [2.45, 2.75) is 12.2 Å². The molecule has 1 saturated heterocycles. The fraction of sp³-hybridized carbons (Fsp3) is 0.222. The van der Waals surface area contributed by atoms with E-state index in [9.17, 15) is 18.0 Å². The van der Waals surface area contributed by atoms with E-state index in [1.807, 2.05) is 0 Å². The number of carbonyl (C=O) groups excluding carboxylic acids is 2. The third-order valence-electron chi connectivity index (χ3n) is 4.22. The van der Waals surface area contributed by atoms with Crippen molar-refractivity contribution >= 4 is 44.8 Å². The molecule has 1 unspecified atom stereocenters. The molecule has 1 fully saturated rings. The molecule has 3 N–H and O–H groups in total. The molecule has 1 heterocycles. The lowest BCUT2D eigenvalue weighted by molar-refractivity contribution is -0.122. The zero-order chi connectivity index (χ0) is 19.6. The number of nitrogens with two attached hydrogens (primary N) is 1. The van der Waals surface area contributed by atoms with Gasteiger partial charge >= 0.3 is 0 Å². The van der Waals surface area contributed by atoms with Crippen molar-refractivity contribution in [3.8, 4) is 0 Å². The lowest BCUT2D eigenvalue weighted by Gasteiger charge is -2.16. The number of amides is 2. The molecule has 1 aliphatic heterocycles. The topological polar surface area (TPSA) is 110 Å². The highest BCUT2D eigenvalue weighted by Gasteiger charge is 2.35. The second-order valence-corrected chi connectivity index (χ2v) is 8.43. The molecule has 2 amide bonds. The first kappa shape index (κ1) is 19.3. The van der Waals surface area contributed by atoms with Crippen molar-refractivity contribution in [1.82, 2.24) is 0 Å². The van der Waals surface area contributed by atoms with Crippen LogP contribution in [-0.4, -0.2) is 26.8 Å². The summed E-state index contributed by atoms with van der Waals surface area (Å²) in [5, 5.41) is 8.34. The highest BCUT2D eigenvalue weighted by molar-refractivity contribution is 7.88. The minimum Gasteiger partial charge on any atom is -0.326 e. The van der Waals surface area contributed by atoms with Crippen molar-refractivity contribution in [2.24, 2.45) is 11.1 Å². The summed E-state index contributed by atoms with van der Waals surface area (Å²) in [7, 11) is -3.61. The molecule has 142 valence electrons. The van der Waals surface area contributed by atoms with Crippen LogP contribution in [0.1, 0.15) is 12.0 Å². The first-order valence-electron chi connectivity index (χ1n) is 8.17. The summed E-state index contributed by atoms with van der Waals surface area (Å²) in [6.07, 6.45) is 0.123. The Morgan fingerprint density at radius 2 is 1.78 bits per heavy atom. The Hall–Kier alpha value is -2.42. The van der Waals surface area contributed by atoms with Crippen LogP contribution in [0.3, 0.4) is 0 Å². The molecule has 2 aromatic rings. The Labute approximate surface area is 162 Å². The number of carbonyl (C=O) groups is 2. The Bertz CT molecular complexity index is 959. The minimum atomic E-state index is -3.61. The van der Waals surface area contributed by atoms with Gasteiger partial charge < -0.3 is 10.2 Å². The molecule has 0 aliphatic carbocycles. The molecule has 0 aromatic heterocycles. The second kappa shape index (κ2) is 7.67. The van der Waals surface area contributed by atoms with Crippen molar-refractivity contribution in [1.29, 1.82) is 0 Å². The van der Waals surface area contributed by atoms with Crippen LogP contribution in [0.25, 0.3) is 0 Å². The van der Waals surface area contributed by atoms with Crippen molar-refractivity contribution in [3.63, 3.8) is 0 Å². The van der Waals surface area contributed by atoms with E-state index >= 15 is 0 Å². The summed E-state index contributed by atoms with van der Waals surface area (Å²) in [6, 6.07) is 13.2. The van der Waals surface area contributed by atoms with E-state index in [2.05, 4.69) is 5.32 Å². The Morgan fingerprint density at radius 3 is 2.37 bits per heavy atom. The summed E-state index contributed by atoms with van der Waals surface area (Å²) in [4.78, 5) is 26.3. The molecule has 0 bridgehead atoms. The van der Waals surface area contributed by atoms with Crippen molar-refractivity contribution in [3.05, 3.63) is 59.1 Å². The van der Waals surface area contributed by atoms with E-state index in [0.29, 0.717) is 22.0 Å². The molecular formula is C18H18ClN3O4S. The molecule has 1 atom stereocenters. The molecule has 27 heavy (non-hydrogen) atoms. The van der Waals surface area contributed by atoms with Crippen LogP contribution in [0.2, 0.25) is 5.02 Å². The van der Waals surface area contributed by atoms with Gasteiger partial charge in [0.2, 0.25) is 21.8 Å². The number of sulfonamides is 1. The highest BCUT2D eigenvalue weighted by atomic mass is 35.5. The van der Waals surface area contributed by atoms with Crippen LogP contribution in [0, 0.1) is 5.92 Å². The quantitative estimate of drug-likeness (QED) is 0.790. The average molecular weight is 408 g/mol. The number of nitrogens with one attached hydrogen (secondary N) is 1. The summed E-state index contributed by atoms with van der Waals surface area (Å²) >= 11 is 5.86. The third-order valence-corrected chi connectivity index (χ3v) is 5.21. The van der Waals surface area contributed by atoms with Gasteiger partial charge in [-0.3, -0.25) is 9.59 Å². The highest BCUT2D eigenvalue weighted by Crippen LogP contribution is 2.27. The number of primary sulfonamides is 1. The normalized spacial score (nSPS) is 17.2. The number of rotatable bonds is 5. The summed E-state index contributed by atoms with van der Waals surface area (Å²) in [5.41, 5.74) is 1.75. The summed E-state index contributed by atoms with van der Waals surface area (Å²) < 4.78 is 22.2. The zero-order valence-corrected chi connectivity index (χ0v) is 15.8. The van der Waals surface area contributed by atoms with E-state index in [4.69, 9.17) is 16.7 Å². The fourth-order valence-electron chi connectivity index (χ4n) is 2.91. The number of halogens is 1. The predicted octanol–water partition coefficient (Wildman–Crippen LogP) is 2.12. The molecule has 0 spiro atoms. The van der Waals surface area contributed by atoms with Crippen LogP contribution in [-0.2, 0) is 25.4 Å². The maximum absolute atomic E-state index is 12.5. The van der Waals surface area contributed by atoms with Crippen LogP contribution in [0.4, 0.5) is 11.4 Å². The van der Waals surface area contributed by atoms with Crippen molar-refractivity contribution in [2.75, 3.05) is 16.8 Å². The minimum absolute atomic E-state index is 0.123. The molecular weight excluding hydrogens is 390 g/mol. The van der Waals surface area contributed by atoms with E-state index < -0.39 is 15.9 Å². The van der Waals surface area contributed by atoms with Gasteiger partial charge in [0.1, 0.15) is 0 Å². The molecule has 3 rings (SSSR count). The molecule has 2 aromatic carbocycles. The average Bonchev–Trinajstić information content (AvgIpc) is 2.98. The van der Waals surface area contributed by atoms with Crippen LogP contribution in [0.15, 0.2) is 48.5 Å². The predicted molar refractivity (Wildman–Crippen MR) is 104 cm³/mol. The first-order chi connectivity index (χ1) is 12.7. The standard InChI is InChI=1S/C18H18ClN3O4S/c19-14-3-7-16(8-4-14)22-10-13(9-17(22)23)18(24)21-15-5-1-12(2-6-15)11-27(20,25)26/h1-8,13H,9-11H2,(H,21,24)(H2,20,25,26).